The highest BCUT2D eigenvalue weighted by atomic mass is 28.3. The van der Waals surface area contributed by atoms with Crippen LogP contribution in [0.1, 0.15) is 0 Å². The molecule has 0 aliphatic carbocycles. The summed E-state index contributed by atoms with van der Waals surface area (Å²) in [4.78, 5) is 20.7. The first-order chi connectivity index (χ1) is 11.9. The maximum atomic E-state index is 12.5. The molecule has 1 aliphatic rings. The van der Waals surface area contributed by atoms with E-state index >= 15 is 0 Å². The van der Waals surface area contributed by atoms with Crippen molar-refractivity contribution in [2.24, 2.45) is 0 Å². The Bertz CT molecular complexity index is 704. The van der Waals surface area contributed by atoms with E-state index in [9.17, 15) is 4.79 Å². The van der Waals surface area contributed by atoms with Gasteiger partial charge in [-0.2, -0.15) is 0 Å². The fourth-order valence-electron chi connectivity index (χ4n) is 2.98. The molecule has 25 heavy (non-hydrogen) atoms. The van der Waals surface area contributed by atoms with E-state index in [1.165, 1.54) is 5.19 Å². The summed E-state index contributed by atoms with van der Waals surface area (Å²) in [5.74, 6) is 0. The molecule has 1 fully saturated rings. The van der Waals surface area contributed by atoms with Crippen molar-refractivity contribution in [2.45, 2.75) is 19.6 Å². The van der Waals surface area contributed by atoms with Crippen LogP contribution in [0.5, 0.6) is 0 Å². The largest absolute Gasteiger partial charge is 0.368 e. The number of pyridine rings is 1. The molecule has 1 aliphatic heterocycles. The number of carbonyl (C=O) groups excluding carboxylic acids is 1. The van der Waals surface area contributed by atoms with E-state index in [0.717, 1.165) is 37.6 Å². The smallest absolute Gasteiger partial charge is 0.321 e. The van der Waals surface area contributed by atoms with Crippen molar-refractivity contribution in [2.75, 3.05) is 36.4 Å². The summed E-state index contributed by atoms with van der Waals surface area (Å²) < 4.78 is 0. The number of hydrogen-bond donors (Lipinski definition) is 1. The SMILES string of the molecule is C[Si](C)(C)c1ccc(NC(=O)N2CCN(c3ccncc3)CC2)cc1. The third kappa shape index (κ3) is 4.39. The van der Waals surface area contributed by atoms with Crippen molar-refractivity contribution >= 4 is 30.7 Å². The number of benzene rings is 1. The zero-order valence-electron chi connectivity index (χ0n) is 15.2. The lowest BCUT2D eigenvalue weighted by Gasteiger charge is -2.36. The summed E-state index contributed by atoms with van der Waals surface area (Å²) in [6, 6.07) is 12.3. The molecule has 2 amide bonds. The van der Waals surface area contributed by atoms with Gasteiger partial charge in [-0.15, -0.1) is 0 Å². The summed E-state index contributed by atoms with van der Waals surface area (Å²) >= 11 is 0. The molecule has 132 valence electrons. The van der Waals surface area contributed by atoms with Crippen molar-refractivity contribution in [1.29, 1.82) is 0 Å². The first-order valence-corrected chi connectivity index (χ1v) is 12.2. The van der Waals surface area contributed by atoms with Crippen LogP contribution in [-0.2, 0) is 0 Å². The lowest BCUT2D eigenvalue weighted by molar-refractivity contribution is 0.208. The lowest BCUT2D eigenvalue weighted by atomic mass is 10.2. The number of nitrogens with one attached hydrogen (secondary N) is 1. The first kappa shape index (κ1) is 17.5. The predicted molar refractivity (Wildman–Crippen MR) is 106 cm³/mol. The molecule has 0 unspecified atom stereocenters. The highest BCUT2D eigenvalue weighted by Crippen LogP contribution is 2.16. The van der Waals surface area contributed by atoms with E-state index in [4.69, 9.17) is 0 Å². The Hall–Kier alpha value is -2.34. The normalized spacial score (nSPS) is 15.2. The Morgan fingerprint density at radius 3 is 2.12 bits per heavy atom. The molecule has 2 aromatic rings. The van der Waals surface area contributed by atoms with Crippen molar-refractivity contribution in [3.05, 3.63) is 48.8 Å². The summed E-state index contributed by atoms with van der Waals surface area (Å²) in [5.41, 5.74) is 2.03. The number of aromatic nitrogens is 1. The van der Waals surface area contributed by atoms with Gasteiger partial charge < -0.3 is 15.1 Å². The number of urea groups is 1. The minimum absolute atomic E-state index is 0.0184. The highest BCUT2D eigenvalue weighted by Gasteiger charge is 2.21. The lowest BCUT2D eigenvalue weighted by Crippen LogP contribution is -2.50. The summed E-state index contributed by atoms with van der Waals surface area (Å²) in [6.07, 6.45) is 3.61. The molecular formula is C19H26N4OSi. The maximum absolute atomic E-state index is 12.5. The number of carbonyl (C=O) groups is 1. The molecule has 0 radical (unpaired) electrons. The number of anilines is 2. The number of nitrogens with zero attached hydrogens (tertiary/aromatic N) is 3. The van der Waals surface area contributed by atoms with E-state index in [-0.39, 0.29) is 6.03 Å². The Morgan fingerprint density at radius 1 is 0.960 bits per heavy atom. The first-order valence-electron chi connectivity index (χ1n) is 8.75. The van der Waals surface area contributed by atoms with Crippen molar-refractivity contribution < 1.29 is 4.79 Å². The Morgan fingerprint density at radius 2 is 1.56 bits per heavy atom. The van der Waals surface area contributed by atoms with Crippen LogP contribution in [0.3, 0.4) is 0 Å². The highest BCUT2D eigenvalue weighted by molar-refractivity contribution is 6.88. The van der Waals surface area contributed by atoms with E-state index in [0.29, 0.717) is 0 Å². The monoisotopic (exact) mass is 354 g/mol. The molecule has 0 spiro atoms. The van der Waals surface area contributed by atoms with Gasteiger partial charge in [0.15, 0.2) is 0 Å². The van der Waals surface area contributed by atoms with Gasteiger partial charge in [-0.25, -0.2) is 4.79 Å². The standard InChI is InChI=1S/C19H26N4OSi/c1-25(2,3)18-6-4-16(5-7-18)21-19(24)23-14-12-22(13-15-23)17-8-10-20-11-9-17/h4-11H,12-15H2,1-3H3,(H,21,24). The van der Waals surface area contributed by atoms with Gasteiger partial charge in [-0.3, -0.25) is 4.98 Å². The van der Waals surface area contributed by atoms with E-state index in [1.807, 2.05) is 29.2 Å². The van der Waals surface area contributed by atoms with Gasteiger partial charge in [0, 0.05) is 49.9 Å². The zero-order chi connectivity index (χ0) is 17.9. The average Bonchev–Trinajstić information content (AvgIpc) is 2.62. The van der Waals surface area contributed by atoms with E-state index < -0.39 is 8.07 Å². The van der Waals surface area contributed by atoms with Crippen LogP contribution in [0.25, 0.3) is 0 Å². The van der Waals surface area contributed by atoms with Gasteiger partial charge in [0.2, 0.25) is 0 Å². The molecule has 3 rings (SSSR count). The predicted octanol–water partition coefficient (Wildman–Crippen LogP) is 2.98. The van der Waals surface area contributed by atoms with Crippen molar-refractivity contribution in [1.82, 2.24) is 9.88 Å². The van der Waals surface area contributed by atoms with Crippen LogP contribution in [0.2, 0.25) is 19.6 Å². The van der Waals surface area contributed by atoms with Gasteiger partial charge in [-0.1, -0.05) is 37.0 Å². The molecule has 1 aromatic heterocycles. The molecule has 0 saturated carbocycles. The van der Waals surface area contributed by atoms with Gasteiger partial charge in [0.1, 0.15) is 0 Å². The third-order valence-corrected chi connectivity index (χ3v) is 6.66. The summed E-state index contributed by atoms with van der Waals surface area (Å²) in [6.45, 7) is 10.1. The van der Waals surface area contributed by atoms with Gasteiger partial charge in [0.25, 0.3) is 0 Å². The topological polar surface area (TPSA) is 48.5 Å². The molecule has 1 aromatic carbocycles. The fraction of sp³-hybridized carbons (Fsp3) is 0.368. The number of piperazine rings is 1. The van der Waals surface area contributed by atoms with Crippen LogP contribution in [0.15, 0.2) is 48.8 Å². The number of rotatable bonds is 3. The number of hydrogen-bond acceptors (Lipinski definition) is 3. The average molecular weight is 355 g/mol. The van der Waals surface area contributed by atoms with Crippen LogP contribution in [0.4, 0.5) is 16.2 Å². The number of amides is 2. The Kier molecular flexibility index (Phi) is 5.08. The van der Waals surface area contributed by atoms with Crippen LogP contribution >= 0.6 is 0 Å². The third-order valence-electron chi connectivity index (χ3n) is 4.60. The van der Waals surface area contributed by atoms with Crippen LogP contribution in [-0.4, -0.2) is 50.2 Å². The quantitative estimate of drug-likeness (QED) is 0.862. The van der Waals surface area contributed by atoms with Gasteiger partial charge in [-0.05, 0) is 24.3 Å². The van der Waals surface area contributed by atoms with Crippen LogP contribution < -0.4 is 15.4 Å². The minimum Gasteiger partial charge on any atom is -0.368 e. The van der Waals surface area contributed by atoms with Gasteiger partial charge in [0.05, 0.1) is 8.07 Å². The fourth-order valence-corrected chi connectivity index (χ4v) is 4.15. The second-order valence-electron chi connectivity index (χ2n) is 7.44. The molecule has 1 N–H and O–H groups in total. The van der Waals surface area contributed by atoms with E-state index in [1.54, 1.807) is 12.4 Å². The summed E-state index contributed by atoms with van der Waals surface area (Å²) in [5, 5.41) is 4.42. The summed E-state index contributed by atoms with van der Waals surface area (Å²) in [7, 11) is -1.30. The maximum Gasteiger partial charge on any atom is 0.321 e. The molecule has 0 atom stereocenters. The molecule has 0 bridgehead atoms. The Balaban J connectivity index is 1.54. The molecule has 6 heteroatoms. The second kappa shape index (κ2) is 7.27. The van der Waals surface area contributed by atoms with E-state index in [2.05, 4.69) is 47.0 Å². The molecule has 2 heterocycles. The second-order valence-corrected chi connectivity index (χ2v) is 12.5. The van der Waals surface area contributed by atoms with Crippen molar-refractivity contribution in [3.8, 4) is 0 Å². The molecule has 5 nitrogen and oxygen atoms in total. The zero-order valence-corrected chi connectivity index (χ0v) is 16.2. The Labute approximate surface area is 150 Å². The molecular weight excluding hydrogens is 328 g/mol. The minimum atomic E-state index is -1.30. The molecule has 1 saturated heterocycles. The van der Waals surface area contributed by atoms with Crippen LogP contribution in [0, 0.1) is 0 Å². The van der Waals surface area contributed by atoms with Crippen molar-refractivity contribution in [3.63, 3.8) is 0 Å². The van der Waals surface area contributed by atoms with Gasteiger partial charge >= 0.3 is 6.03 Å².